The molecule has 0 spiro atoms. The van der Waals surface area contributed by atoms with Crippen molar-refractivity contribution in [3.8, 4) is 6.07 Å². The Morgan fingerprint density at radius 3 is 2.32 bits per heavy atom. The molecule has 0 bridgehead atoms. The van der Waals surface area contributed by atoms with Gasteiger partial charge in [0.2, 0.25) is 0 Å². The molecule has 2 fully saturated rings. The van der Waals surface area contributed by atoms with E-state index >= 15 is 0 Å². The molecule has 2 aliphatic rings. The average molecular weight is 494 g/mol. The topological polar surface area (TPSA) is 72.6 Å². The number of rotatable bonds is 5. The summed E-state index contributed by atoms with van der Waals surface area (Å²) in [7, 11) is 1.66. The maximum absolute atomic E-state index is 13.3. The van der Waals surface area contributed by atoms with E-state index in [1.165, 1.54) is 22.3 Å². The van der Waals surface area contributed by atoms with Crippen LogP contribution in [-0.4, -0.2) is 52.9 Å². The number of nitriles is 1. The van der Waals surface area contributed by atoms with E-state index in [4.69, 9.17) is 12.2 Å². The van der Waals surface area contributed by atoms with Gasteiger partial charge in [0, 0.05) is 51.0 Å². The van der Waals surface area contributed by atoms with Crippen LogP contribution in [0.2, 0.25) is 0 Å². The Balaban J connectivity index is 1.81. The van der Waals surface area contributed by atoms with Gasteiger partial charge in [0.15, 0.2) is 0 Å². The molecule has 7 nitrogen and oxygen atoms in total. The Kier molecular flexibility index (Phi) is 7.10. The highest BCUT2D eigenvalue weighted by molar-refractivity contribution is 8.26. The molecule has 2 aromatic rings. The summed E-state index contributed by atoms with van der Waals surface area (Å²) in [5, 5.41) is 9.77. The molecule has 0 saturated carbocycles. The zero-order valence-corrected chi connectivity index (χ0v) is 21.2. The first-order chi connectivity index (χ1) is 16.4. The second kappa shape index (κ2) is 10.0. The number of likely N-dealkylation sites (N-methyl/N-ethyl adjacent to an activating group) is 1. The fraction of sp³-hybridized carbons (Fsp3) is 0.360. The molecule has 1 aromatic heterocycles. The number of thioether (sulfide) groups is 1. The van der Waals surface area contributed by atoms with E-state index in [9.17, 15) is 14.9 Å². The number of amides is 1. The van der Waals surface area contributed by atoms with Gasteiger partial charge in [-0.15, -0.1) is 0 Å². The smallest absolute Gasteiger partial charge is 0.270 e. The van der Waals surface area contributed by atoms with Crippen molar-refractivity contribution in [3.05, 3.63) is 62.3 Å². The molecule has 1 amide bonds. The van der Waals surface area contributed by atoms with E-state index in [1.54, 1.807) is 18.5 Å². The van der Waals surface area contributed by atoms with Crippen LogP contribution in [-0.2, 0) is 11.3 Å². The third kappa shape index (κ3) is 4.36. The number of anilines is 2. The summed E-state index contributed by atoms with van der Waals surface area (Å²) in [5.74, 6) is 0.610. The monoisotopic (exact) mass is 493 g/mol. The zero-order chi connectivity index (χ0) is 24.4. The molecular formula is C25H27N5O2S2. The van der Waals surface area contributed by atoms with Gasteiger partial charge in [-0.3, -0.25) is 19.1 Å². The van der Waals surface area contributed by atoms with Crippen LogP contribution >= 0.6 is 24.0 Å². The van der Waals surface area contributed by atoms with Crippen LogP contribution in [0.1, 0.15) is 30.0 Å². The molecule has 0 radical (unpaired) electrons. The van der Waals surface area contributed by atoms with Crippen LogP contribution in [0.5, 0.6) is 0 Å². The van der Waals surface area contributed by atoms with Crippen molar-refractivity contribution in [3.63, 3.8) is 0 Å². The van der Waals surface area contributed by atoms with Crippen molar-refractivity contribution in [2.75, 3.05) is 43.0 Å². The maximum atomic E-state index is 13.3. The molecule has 0 N–H and O–H groups in total. The Hall–Kier alpha value is -3.09. The van der Waals surface area contributed by atoms with Crippen LogP contribution in [0.4, 0.5) is 11.5 Å². The number of thiocarbonyl (C=S) groups is 1. The number of benzene rings is 1. The minimum atomic E-state index is -0.275. The van der Waals surface area contributed by atoms with Gasteiger partial charge in [0.25, 0.3) is 11.5 Å². The van der Waals surface area contributed by atoms with Gasteiger partial charge in [0.1, 0.15) is 21.8 Å². The maximum Gasteiger partial charge on any atom is 0.270 e. The number of para-hydroxylation sites is 1. The Morgan fingerprint density at radius 1 is 1.12 bits per heavy atom. The molecule has 9 heteroatoms. The zero-order valence-electron chi connectivity index (χ0n) is 19.6. The lowest BCUT2D eigenvalue weighted by Gasteiger charge is -2.39. The molecule has 0 atom stereocenters. The molecular weight excluding hydrogens is 466 g/mol. The van der Waals surface area contributed by atoms with Crippen molar-refractivity contribution in [1.82, 2.24) is 9.47 Å². The van der Waals surface area contributed by atoms with E-state index in [0.29, 0.717) is 21.3 Å². The number of pyridine rings is 1. The highest BCUT2D eigenvalue weighted by atomic mass is 32.2. The number of piperazine rings is 1. The van der Waals surface area contributed by atoms with Crippen LogP contribution in [0.25, 0.3) is 6.08 Å². The highest BCUT2D eigenvalue weighted by Gasteiger charge is 2.31. The van der Waals surface area contributed by atoms with Crippen molar-refractivity contribution in [2.24, 2.45) is 0 Å². The van der Waals surface area contributed by atoms with E-state index in [0.717, 1.165) is 44.0 Å². The third-order valence-electron chi connectivity index (χ3n) is 6.26. The lowest BCUT2D eigenvalue weighted by Crippen LogP contribution is -2.48. The predicted molar refractivity (Wildman–Crippen MR) is 142 cm³/mol. The minimum absolute atomic E-state index is 0.123. The molecule has 1 aromatic carbocycles. The molecule has 2 saturated heterocycles. The van der Waals surface area contributed by atoms with Gasteiger partial charge < -0.3 is 9.80 Å². The number of hydrogen-bond donors (Lipinski definition) is 0. The average Bonchev–Trinajstić information content (AvgIpc) is 3.09. The quantitative estimate of drug-likeness (QED) is 0.466. The van der Waals surface area contributed by atoms with Crippen LogP contribution < -0.4 is 15.4 Å². The van der Waals surface area contributed by atoms with Crippen LogP contribution in [0, 0.1) is 18.3 Å². The lowest BCUT2D eigenvalue weighted by molar-refractivity contribution is -0.121. The molecule has 176 valence electrons. The van der Waals surface area contributed by atoms with Gasteiger partial charge >= 0.3 is 0 Å². The van der Waals surface area contributed by atoms with Crippen molar-refractivity contribution in [1.29, 1.82) is 5.26 Å². The van der Waals surface area contributed by atoms with Crippen molar-refractivity contribution < 1.29 is 4.79 Å². The lowest BCUT2D eigenvalue weighted by atomic mass is 10.0. The summed E-state index contributed by atoms with van der Waals surface area (Å²) in [6.45, 7) is 7.35. The second-order valence-electron chi connectivity index (χ2n) is 8.36. The van der Waals surface area contributed by atoms with E-state index in [2.05, 4.69) is 28.0 Å². The summed E-state index contributed by atoms with van der Waals surface area (Å²) in [5.41, 5.74) is 2.37. The fourth-order valence-corrected chi connectivity index (χ4v) is 5.57. The van der Waals surface area contributed by atoms with Crippen LogP contribution in [0.15, 0.2) is 40.0 Å². The second-order valence-corrected chi connectivity index (χ2v) is 10.0. The SMILES string of the molecule is CCCn1c(N2CCN(c3ccccc3)CC2)c(C=C2SC(=S)N(C)C2=O)c(C)c(C#N)c1=O. The Morgan fingerprint density at radius 2 is 1.76 bits per heavy atom. The first kappa shape index (κ1) is 24.0. The van der Waals surface area contributed by atoms with E-state index in [-0.39, 0.29) is 17.0 Å². The molecule has 34 heavy (non-hydrogen) atoms. The molecule has 2 aliphatic heterocycles. The molecule has 0 aliphatic carbocycles. The van der Waals surface area contributed by atoms with Gasteiger partial charge in [-0.25, -0.2) is 0 Å². The Labute approximate surface area is 209 Å². The standard InChI is InChI=1S/C25H27N5O2S2/c1-4-10-30-22(29-13-11-28(12-14-29)18-8-6-5-7-9-18)19(17(2)20(16-26)23(30)31)15-21-24(32)27(3)25(33)34-21/h5-9,15H,4,10-14H2,1-3H3. The third-order valence-corrected chi connectivity index (χ3v) is 7.74. The predicted octanol–water partition coefficient (Wildman–Crippen LogP) is 3.60. The van der Waals surface area contributed by atoms with Gasteiger partial charge in [-0.05, 0) is 37.1 Å². The van der Waals surface area contributed by atoms with Crippen molar-refractivity contribution in [2.45, 2.75) is 26.8 Å². The first-order valence-corrected chi connectivity index (χ1v) is 12.5. The summed E-state index contributed by atoms with van der Waals surface area (Å²) in [6.07, 6.45) is 2.56. The van der Waals surface area contributed by atoms with Gasteiger partial charge in [-0.2, -0.15) is 5.26 Å². The van der Waals surface area contributed by atoms with Gasteiger partial charge in [0.05, 0.1) is 4.91 Å². The summed E-state index contributed by atoms with van der Waals surface area (Å²) in [6, 6.07) is 12.4. The number of nitrogens with zero attached hydrogens (tertiary/aromatic N) is 5. The molecule has 3 heterocycles. The minimum Gasteiger partial charge on any atom is -0.368 e. The summed E-state index contributed by atoms with van der Waals surface area (Å²) >= 11 is 6.55. The molecule has 0 unspecified atom stereocenters. The van der Waals surface area contributed by atoms with Crippen LogP contribution in [0.3, 0.4) is 0 Å². The van der Waals surface area contributed by atoms with E-state index < -0.39 is 0 Å². The Bertz CT molecular complexity index is 1250. The summed E-state index contributed by atoms with van der Waals surface area (Å²) in [4.78, 5) is 32.5. The largest absolute Gasteiger partial charge is 0.368 e. The fourth-order valence-electron chi connectivity index (χ4n) is 4.41. The summed E-state index contributed by atoms with van der Waals surface area (Å²) < 4.78 is 2.21. The van der Waals surface area contributed by atoms with Crippen molar-refractivity contribution >= 4 is 51.8 Å². The first-order valence-electron chi connectivity index (χ1n) is 11.3. The number of hydrogen-bond acceptors (Lipinski definition) is 7. The number of aromatic nitrogens is 1. The number of carbonyl (C=O) groups is 1. The van der Waals surface area contributed by atoms with Gasteiger partial charge in [-0.1, -0.05) is 49.1 Å². The number of carbonyl (C=O) groups excluding carboxylic acids is 1. The molecule has 4 rings (SSSR count). The normalized spacial score (nSPS) is 17.6. The highest BCUT2D eigenvalue weighted by Crippen LogP contribution is 2.35. The van der Waals surface area contributed by atoms with E-state index in [1.807, 2.05) is 31.2 Å².